The van der Waals surface area contributed by atoms with Crippen LogP contribution >= 0.6 is 15.9 Å². The molecule has 0 aliphatic carbocycles. The number of esters is 1. The Balaban J connectivity index is 2.26. The molecule has 1 aliphatic heterocycles. The summed E-state index contributed by atoms with van der Waals surface area (Å²) in [5.74, 6) is -0.813. The third kappa shape index (κ3) is 2.50. The predicted molar refractivity (Wildman–Crippen MR) is 65.2 cm³/mol. The van der Waals surface area contributed by atoms with Crippen molar-refractivity contribution in [3.63, 3.8) is 0 Å². The van der Waals surface area contributed by atoms with E-state index in [0.717, 1.165) is 5.56 Å². The minimum Gasteiger partial charge on any atom is -0.469 e. The Morgan fingerprint density at radius 1 is 1.53 bits per heavy atom. The highest BCUT2D eigenvalue weighted by Crippen LogP contribution is 2.30. The van der Waals surface area contributed by atoms with Crippen LogP contribution in [0.3, 0.4) is 0 Å². The van der Waals surface area contributed by atoms with Gasteiger partial charge in [-0.1, -0.05) is 6.07 Å². The van der Waals surface area contributed by atoms with Crippen molar-refractivity contribution >= 4 is 21.9 Å². The molecule has 2 unspecified atom stereocenters. The maximum absolute atomic E-state index is 13.5. The van der Waals surface area contributed by atoms with Crippen molar-refractivity contribution in [3.8, 4) is 0 Å². The van der Waals surface area contributed by atoms with Gasteiger partial charge >= 0.3 is 5.97 Å². The normalized spacial score (nSPS) is 23.7. The quantitative estimate of drug-likeness (QED) is 0.850. The van der Waals surface area contributed by atoms with Gasteiger partial charge in [-0.25, -0.2) is 4.39 Å². The molecule has 1 N–H and O–H groups in total. The zero-order valence-electron chi connectivity index (χ0n) is 9.37. The molecular formula is C12H13BrFNO2. The van der Waals surface area contributed by atoms with Crippen molar-refractivity contribution in [3.05, 3.63) is 34.1 Å². The summed E-state index contributed by atoms with van der Waals surface area (Å²) >= 11 is 3.11. The molecule has 1 fully saturated rings. The van der Waals surface area contributed by atoms with Gasteiger partial charge in [0.2, 0.25) is 0 Å². The van der Waals surface area contributed by atoms with Crippen molar-refractivity contribution in [2.24, 2.45) is 5.92 Å². The SMILES string of the molecule is COC(=O)C1CNCC1c1ccc(Br)c(F)c1. The molecule has 17 heavy (non-hydrogen) atoms. The van der Waals surface area contributed by atoms with Gasteiger partial charge in [0, 0.05) is 19.0 Å². The van der Waals surface area contributed by atoms with Crippen LogP contribution in [0.15, 0.2) is 22.7 Å². The monoisotopic (exact) mass is 301 g/mol. The van der Waals surface area contributed by atoms with Gasteiger partial charge in [0.25, 0.3) is 0 Å². The highest BCUT2D eigenvalue weighted by atomic mass is 79.9. The van der Waals surface area contributed by atoms with E-state index >= 15 is 0 Å². The van der Waals surface area contributed by atoms with Gasteiger partial charge in [-0.15, -0.1) is 0 Å². The van der Waals surface area contributed by atoms with Crippen LogP contribution < -0.4 is 5.32 Å². The fourth-order valence-electron chi connectivity index (χ4n) is 2.17. The molecule has 0 saturated carbocycles. The number of halogens is 2. The Bertz CT molecular complexity index is 439. The molecular weight excluding hydrogens is 289 g/mol. The molecule has 2 rings (SSSR count). The Morgan fingerprint density at radius 2 is 2.29 bits per heavy atom. The second-order valence-electron chi connectivity index (χ2n) is 4.07. The minimum atomic E-state index is -0.307. The lowest BCUT2D eigenvalue weighted by Crippen LogP contribution is -2.23. The number of benzene rings is 1. The van der Waals surface area contributed by atoms with E-state index in [0.29, 0.717) is 17.6 Å². The summed E-state index contributed by atoms with van der Waals surface area (Å²) < 4.78 is 18.6. The molecule has 1 aromatic rings. The Hall–Kier alpha value is -0.940. The standard InChI is InChI=1S/C12H13BrFNO2/c1-17-12(16)9-6-15-5-8(9)7-2-3-10(13)11(14)4-7/h2-4,8-9,15H,5-6H2,1H3. The number of rotatable bonds is 2. The summed E-state index contributed by atoms with van der Waals surface area (Å²) in [6, 6.07) is 4.97. The van der Waals surface area contributed by atoms with Crippen molar-refractivity contribution < 1.29 is 13.9 Å². The van der Waals surface area contributed by atoms with Gasteiger partial charge in [-0.3, -0.25) is 4.79 Å². The summed E-state index contributed by atoms with van der Waals surface area (Å²) in [6.07, 6.45) is 0. The lowest BCUT2D eigenvalue weighted by Gasteiger charge is -2.16. The van der Waals surface area contributed by atoms with Crippen molar-refractivity contribution in [2.75, 3.05) is 20.2 Å². The van der Waals surface area contributed by atoms with E-state index in [-0.39, 0.29) is 23.6 Å². The van der Waals surface area contributed by atoms with Crippen LogP contribution in [0, 0.1) is 11.7 Å². The first-order chi connectivity index (χ1) is 8.13. The third-order valence-corrected chi connectivity index (χ3v) is 3.73. The Kier molecular flexibility index (Phi) is 3.79. The van der Waals surface area contributed by atoms with Crippen molar-refractivity contribution in [2.45, 2.75) is 5.92 Å². The van der Waals surface area contributed by atoms with Gasteiger partial charge in [0.1, 0.15) is 5.82 Å². The topological polar surface area (TPSA) is 38.3 Å². The van der Waals surface area contributed by atoms with Crippen LogP contribution in [0.1, 0.15) is 11.5 Å². The Morgan fingerprint density at radius 3 is 2.94 bits per heavy atom. The lowest BCUT2D eigenvalue weighted by atomic mass is 9.89. The number of ether oxygens (including phenoxy) is 1. The van der Waals surface area contributed by atoms with Crippen LogP contribution in [-0.2, 0) is 9.53 Å². The number of carbonyl (C=O) groups is 1. The molecule has 0 spiro atoms. The second-order valence-corrected chi connectivity index (χ2v) is 4.92. The summed E-state index contributed by atoms with van der Waals surface area (Å²) in [6.45, 7) is 1.25. The summed E-state index contributed by atoms with van der Waals surface area (Å²) in [5.41, 5.74) is 0.825. The third-order valence-electron chi connectivity index (χ3n) is 3.09. The second kappa shape index (κ2) is 5.14. The van der Waals surface area contributed by atoms with Gasteiger partial charge in [-0.2, -0.15) is 0 Å². The van der Waals surface area contributed by atoms with E-state index in [1.54, 1.807) is 6.07 Å². The number of nitrogens with one attached hydrogen (secondary N) is 1. The molecule has 1 aliphatic rings. The molecule has 1 saturated heterocycles. The van der Waals surface area contributed by atoms with Crippen LogP contribution in [0.25, 0.3) is 0 Å². The van der Waals surface area contributed by atoms with E-state index in [2.05, 4.69) is 21.2 Å². The predicted octanol–water partition coefficient (Wildman–Crippen LogP) is 2.06. The molecule has 1 aromatic carbocycles. The van der Waals surface area contributed by atoms with Gasteiger partial charge in [-0.05, 0) is 33.6 Å². The number of methoxy groups -OCH3 is 1. The number of hydrogen-bond acceptors (Lipinski definition) is 3. The molecule has 1 heterocycles. The Labute approximate surface area is 107 Å². The minimum absolute atomic E-state index is 0.0231. The average Bonchev–Trinajstić information content (AvgIpc) is 2.80. The maximum atomic E-state index is 13.5. The van der Waals surface area contributed by atoms with E-state index in [9.17, 15) is 9.18 Å². The van der Waals surface area contributed by atoms with E-state index in [4.69, 9.17) is 4.74 Å². The van der Waals surface area contributed by atoms with Crippen LogP contribution in [0.2, 0.25) is 0 Å². The summed E-state index contributed by atoms with van der Waals surface area (Å²) in [4.78, 5) is 11.6. The largest absolute Gasteiger partial charge is 0.469 e. The molecule has 0 bridgehead atoms. The van der Waals surface area contributed by atoms with Crippen LogP contribution in [0.5, 0.6) is 0 Å². The molecule has 3 nitrogen and oxygen atoms in total. The van der Waals surface area contributed by atoms with Gasteiger partial charge < -0.3 is 10.1 Å². The van der Waals surface area contributed by atoms with E-state index < -0.39 is 0 Å². The van der Waals surface area contributed by atoms with Crippen LogP contribution in [-0.4, -0.2) is 26.2 Å². The molecule has 5 heteroatoms. The van der Waals surface area contributed by atoms with Crippen molar-refractivity contribution in [1.82, 2.24) is 5.32 Å². The highest BCUT2D eigenvalue weighted by Gasteiger charge is 2.34. The zero-order valence-corrected chi connectivity index (χ0v) is 11.0. The van der Waals surface area contributed by atoms with Crippen LogP contribution in [0.4, 0.5) is 4.39 Å². The zero-order chi connectivity index (χ0) is 12.4. The first kappa shape index (κ1) is 12.5. The molecule has 0 amide bonds. The fourth-order valence-corrected chi connectivity index (χ4v) is 2.42. The van der Waals surface area contributed by atoms with Crippen molar-refractivity contribution in [1.29, 1.82) is 0 Å². The smallest absolute Gasteiger partial charge is 0.310 e. The highest BCUT2D eigenvalue weighted by molar-refractivity contribution is 9.10. The fraction of sp³-hybridized carbons (Fsp3) is 0.417. The lowest BCUT2D eigenvalue weighted by molar-refractivity contribution is -0.145. The average molecular weight is 302 g/mol. The first-order valence-corrected chi connectivity index (χ1v) is 6.16. The molecule has 92 valence electrons. The summed E-state index contributed by atoms with van der Waals surface area (Å²) in [5, 5.41) is 3.14. The molecule has 0 aromatic heterocycles. The van der Waals surface area contributed by atoms with E-state index in [1.807, 2.05) is 6.07 Å². The maximum Gasteiger partial charge on any atom is 0.310 e. The van der Waals surface area contributed by atoms with Gasteiger partial charge in [0.15, 0.2) is 0 Å². The number of hydrogen-bond donors (Lipinski definition) is 1. The summed E-state index contributed by atoms with van der Waals surface area (Å²) in [7, 11) is 1.37. The number of carbonyl (C=O) groups excluding carboxylic acids is 1. The molecule has 0 radical (unpaired) electrons. The van der Waals surface area contributed by atoms with Gasteiger partial charge in [0.05, 0.1) is 17.5 Å². The van der Waals surface area contributed by atoms with E-state index in [1.165, 1.54) is 13.2 Å². The molecule has 2 atom stereocenters. The first-order valence-electron chi connectivity index (χ1n) is 5.37.